The van der Waals surface area contributed by atoms with Crippen molar-refractivity contribution in [3.8, 4) is 0 Å². The Bertz CT molecular complexity index is 751. The largest absolute Gasteiger partial charge is 0.377 e. The van der Waals surface area contributed by atoms with Crippen LogP contribution in [0.15, 0.2) is 29.4 Å². The van der Waals surface area contributed by atoms with Crippen LogP contribution in [0.4, 0.5) is 0 Å². The number of aromatic amines is 1. The lowest BCUT2D eigenvalue weighted by Gasteiger charge is -2.06. The summed E-state index contributed by atoms with van der Waals surface area (Å²) < 4.78 is 5.61. The predicted molar refractivity (Wildman–Crippen MR) is 78.9 cm³/mol. The Kier molecular flexibility index (Phi) is 3.05. The van der Waals surface area contributed by atoms with E-state index >= 15 is 0 Å². The van der Waals surface area contributed by atoms with Crippen molar-refractivity contribution < 1.29 is 4.74 Å². The number of fused-ring (bicyclic) bond motifs is 3. The van der Waals surface area contributed by atoms with Crippen molar-refractivity contribution >= 4 is 33.8 Å². The summed E-state index contributed by atoms with van der Waals surface area (Å²) in [5.41, 5.74) is 2.68. The van der Waals surface area contributed by atoms with Crippen LogP contribution in [-0.2, 0) is 4.74 Å². The lowest BCUT2D eigenvalue weighted by Crippen LogP contribution is -2.08. The fraction of sp³-hybridized carbons (Fsp3) is 0.357. The molecule has 20 heavy (non-hydrogen) atoms. The lowest BCUT2D eigenvalue weighted by molar-refractivity contribution is 0.129. The van der Waals surface area contributed by atoms with Gasteiger partial charge in [-0.3, -0.25) is 0 Å². The molecule has 0 bridgehead atoms. The number of hydrogen-bond acceptors (Lipinski definition) is 5. The zero-order valence-electron chi connectivity index (χ0n) is 10.9. The zero-order chi connectivity index (χ0) is 13.4. The van der Waals surface area contributed by atoms with Crippen molar-refractivity contribution in [2.45, 2.75) is 24.1 Å². The van der Waals surface area contributed by atoms with Gasteiger partial charge in [0.15, 0.2) is 5.65 Å². The van der Waals surface area contributed by atoms with Crippen molar-refractivity contribution in [2.24, 2.45) is 0 Å². The van der Waals surface area contributed by atoms with Crippen LogP contribution in [0.1, 0.15) is 12.8 Å². The second kappa shape index (κ2) is 5.03. The molecular formula is C14H14N4OS. The molecule has 1 N–H and O–H groups in total. The van der Waals surface area contributed by atoms with Gasteiger partial charge in [0, 0.05) is 23.3 Å². The summed E-state index contributed by atoms with van der Waals surface area (Å²) in [6.45, 7) is 0.880. The average molecular weight is 286 g/mol. The molecule has 2 aromatic heterocycles. The fourth-order valence-electron chi connectivity index (χ4n) is 2.51. The molecule has 1 aliphatic rings. The fourth-order valence-corrected chi connectivity index (χ4v) is 3.36. The smallest absolute Gasteiger partial charge is 0.211 e. The average Bonchev–Trinajstić information content (AvgIpc) is 3.12. The summed E-state index contributed by atoms with van der Waals surface area (Å²) >= 11 is 1.61. The molecular weight excluding hydrogens is 272 g/mol. The molecule has 102 valence electrons. The molecule has 0 saturated carbocycles. The topological polar surface area (TPSA) is 63.7 Å². The standard InChI is InChI=1S/C14H14N4OS/c1-2-6-11-10(5-1)12-13(15-11)16-14(18-17-12)20-8-9-4-3-7-19-9/h1-2,5-6,9H,3-4,7-8H2,(H,15,16,18). The summed E-state index contributed by atoms with van der Waals surface area (Å²) in [6, 6.07) is 8.05. The van der Waals surface area contributed by atoms with Crippen molar-refractivity contribution in [1.29, 1.82) is 0 Å². The van der Waals surface area contributed by atoms with Crippen LogP contribution in [0.2, 0.25) is 0 Å². The third-order valence-corrected chi connectivity index (χ3v) is 4.49. The van der Waals surface area contributed by atoms with E-state index in [2.05, 4.69) is 20.2 Å². The minimum absolute atomic E-state index is 0.335. The monoisotopic (exact) mass is 286 g/mol. The third-order valence-electron chi connectivity index (χ3n) is 3.52. The van der Waals surface area contributed by atoms with Gasteiger partial charge >= 0.3 is 0 Å². The molecule has 5 nitrogen and oxygen atoms in total. The number of thioether (sulfide) groups is 1. The molecule has 3 heterocycles. The summed E-state index contributed by atoms with van der Waals surface area (Å²) in [5, 5.41) is 10.3. The van der Waals surface area contributed by atoms with Gasteiger partial charge < -0.3 is 9.72 Å². The van der Waals surface area contributed by atoms with Crippen LogP contribution in [0.25, 0.3) is 22.1 Å². The van der Waals surface area contributed by atoms with E-state index in [-0.39, 0.29) is 0 Å². The molecule has 1 atom stereocenters. The van der Waals surface area contributed by atoms with Crippen LogP contribution in [0, 0.1) is 0 Å². The Morgan fingerprint density at radius 2 is 2.25 bits per heavy atom. The highest BCUT2D eigenvalue weighted by atomic mass is 32.2. The first kappa shape index (κ1) is 12.1. The Morgan fingerprint density at radius 1 is 1.30 bits per heavy atom. The molecule has 6 heteroatoms. The normalized spacial score (nSPS) is 19.1. The van der Waals surface area contributed by atoms with Crippen molar-refractivity contribution in [1.82, 2.24) is 20.2 Å². The highest BCUT2D eigenvalue weighted by molar-refractivity contribution is 7.99. The maximum atomic E-state index is 5.61. The van der Waals surface area contributed by atoms with Gasteiger partial charge in [0.05, 0.1) is 6.10 Å². The van der Waals surface area contributed by atoms with Gasteiger partial charge in [0.1, 0.15) is 5.52 Å². The van der Waals surface area contributed by atoms with E-state index in [1.54, 1.807) is 11.8 Å². The molecule has 0 spiro atoms. The lowest BCUT2D eigenvalue weighted by atomic mass is 10.2. The minimum Gasteiger partial charge on any atom is -0.377 e. The van der Waals surface area contributed by atoms with Gasteiger partial charge in [-0.1, -0.05) is 30.0 Å². The molecule has 1 aliphatic heterocycles. The number of rotatable bonds is 3. The van der Waals surface area contributed by atoms with Crippen molar-refractivity contribution in [2.75, 3.05) is 12.4 Å². The summed E-state index contributed by atoms with van der Waals surface area (Å²) in [6.07, 6.45) is 2.63. The molecule has 1 saturated heterocycles. The van der Waals surface area contributed by atoms with Gasteiger partial charge in [-0.25, -0.2) is 4.98 Å². The molecule has 0 aliphatic carbocycles. The first-order valence-electron chi connectivity index (χ1n) is 6.76. The molecule has 1 aromatic carbocycles. The third kappa shape index (κ3) is 2.14. The van der Waals surface area contributed by atoms with Crippen LogP contribution in [0.5, 0.6) is 0 Å². The first-order valence-corrected chi connectivity index (χ1v) is 7.74. The quantitative estimate of drug-likeness (QED) is 0.750. The van der Waals surface area contributed by atoms with Gasteiger partial charge in [0.25, 0.3) is 0 Å². The number of nitrogens with zero attached hydrogens (tertiary/aromatic N) is 3. The second-order valence-corrected chi connectivity index (χ2v) is 5.90. The number of hydrogen-bond donors (Lipinski definition) is 1. The van der Waals surface area contributed by atoms with Crippen LogP contribution in [-0.4, -0.2) is 38.6 Å². The molecule has 1 fully saturated rings. The summed E-state index contributed by atoms with van der Waals surface area (Å²) in [7, 11) is 0. The van der Waals surface area contributed by atoms with Crippen molar-refractivity contribution in [3.05, 3.63) is 24.3 Å². The molecule has 4 rings (SSSR count). The van der Waals surface area contributed by atoms with Crippen LogP contribution >= 0.6 is 11.8 Å². The maximum absolute atomic E-state index is 5.61. The number of ether oxygens (including phenoxy) is 1. The van der Waals surface area contributed by atoms with Gasteiger partial charge in [0.2, 0.25) is 5.16 Å². The van der Waals surface area contributed by atoms with Gasteiger partial charge in [-0.15, -0.1) is 10.2 Å². The van der Waals surface area contributed by atoms with E-state index in [4.69, 9.17) is 4.74 Å². The van der Waals surface area contributed by atoms with Crippen LogP contribution in [0.3, 0.4) is 0 Å². The van der Waals surface area contributed by atoms with E-state index in [1.165, 1.54) is 0 Å². The number of H-pyrrole nitrogens is 1. The minimum atomic E-state index is 0.335. The maximum Gasteiger partial charge on any atom is 0.211 e. The SMILES string of the molecule is c1ccc2c(c1)[nH]c1nc(SCC3CCCO3)nnc12. The van der Waals surface area contributed by atoms with Gasteiger partial charge in [-0.2, -0.15) is 0 Å². The zero-order valence-corrected chi connectivity index (χ0v) is 11.7. The van der Waals surface area contributed by atoms with E-state index < -0.39 is 0 Å². The number of para-hydroxylation sites is 1. The molecule has 1 unspecified atom stereocenters. The number of nitrogens with one attached hydrogen (secondary N) is 1. The summed E-state index contributed by atoms with van der Waals surface area (Å²) in [5.74, 6) is 0.896. The Morgan fingerprint density at radius 3 is 3.15 bits per heavy atom. The summed E-state index contributed by atoms with van der Waals surface area (Å²) in [4.78, 5) is 7.84. The van der Waals surface area contributed by atoms with Crippen molar-refractivity contribution in [3.63, 3.8) is 0 Å². The Balaban J connectivity index is 1.62. The van der Waals surface area contributed by atoms with E-state index in [1.807, 2.05) is 24.3 Å². The Labute approximate surface area is 120 Å². The van der Waals surface area contributed by atoms with Crippen LogP contribution < -0.4 is 0 Å². The predicted octanol–water partition coefficient (Wildman–Crippen LogP) is 2.78. The van der Waals surface area contributed by atoms with E-state index in [0.717, 1.165) is 47.3 Å². The van der Waals surface area contributed by atoms with E-state index in [9.17, 15) is 0 Å². The first-order chi connectivity index (χ1) is 9.90. The molecule has 0 amide bonds. The number of aromatic nitrogens is 4. The highest BCUT2D eigenvalue weighted by Gasteiger charge is 2.17. The second-order valence-electron chi connectivity index (χ2n) is 4.91. The molecule has 0 radical (unpaired) electrons. The number of benzene rings is 1. The molecule has 3 aromatic rings. The van der Waals surface area contributed by atoms with Gasteiger partial charge in [-0.05, 0) is 18.9 Å². The highest BCUT2D eigenvalue weighted by Crippen LogP contribution is 2.25. The van der Waals surface area contributed by atoms with E-state index in [0.29, 0.717) is 11.3 Å². The Hall–Kier alpha value is -1.66.